The topological polar surface area (TPSA) is 84.1 Å². The smallest absolute Gasteiger partial charge is 0.254 e. The minimum Gasteiger partial charge on any atom is -0.495 e. The number of methoxy groups -OCH3 is 1. The quantitative estimate of drug-likeness (QED) is 0.600. The number of fused-ring (bicyclic) bond motifs is 1. The summed E-state index contributed by atoms with van der Waals surface area (Å²) in [5.74, 6) is 0.302. The molecule has 0 aliphatic heterocycles. The van der Waals surface area contributed by atoms with Crippen molar-refractivity contribution in [2.75, 3.05) is 12.4 Å². The fourth-order valence-corrected chi connectivity index (χ4v) is 3.86. The predicted octanol–water partition coefficient (Wildman–Crippen LogP) is 3.43. The molecular weight excluding hydrogens is 374 g/mol. The van der Waals surface area contributed by atoms with Crippen LogP contribution in [0, 0.1) is 0 Å². The van der Waals surface area contributed by atoms with Gasteiger partial charge in [0, 0.05) is 10.6 Å². The van der Waals surface area contributed by atoms with Gasteiger partial charge in [0.2, 0.25) is 5.91 Å². The molecule has 1 atom stereocenters. The number of amides is 1. The molecule has 0 saturated carbocycles. The summed E-state index contributed by atoms with van der Waals surface area (Å²) in [5.41, 5.74) is 2.04. The number of aromatic nitrogens is 2. The molecule has 3 rings (SSSR count). The number of carbonyl (C=O) groups is 1. The van der Waals surface area contributed by atoms with Crippen LogP contribution in [0.5, 0.6) is 5.75 Å². The van der Waals surface area contributed by atoms with Crippen molar-refractivity contribution >= 4 is 35.0 Å². The van der Waals surface area contributed by atoms with E-state index in [0.29, 0.717) is 21.6 Å². The van der Waals surface area contributed by atoms with Gasteiger partial charge in [-0.2, -0.15) is 0 Å². The lowest BCUT2D eigenvalue weighted by Crippen LogP contribution is -2.25. The minimum atomic E-state index is -0.455. The van der Waals surface area contributed by atoms with Crippen molar-refractivity contribution in [3.8, 4) is 5.75 Å². The summed E-state index contributed by atoms with van der Waals surface area (Å²) < 4.78 is 5.24. The zero-order valence-corrected chi connectivity index (χ0v) is 16.2. The number of hydrogen-bond donors (Lipinski definition) is 2. The maximum absolute atomic E-state index is 12.5. The number of carbonyl (C=O) groups excluding carboxylic acids is 1. The number of aryl methyl sites for hydroxylation is 1. The third-order valence-electron chi connectivity index (χ3n) is 4.25. The highest BCUT2D eigenvalue weighted by Gasteiger charge is 2.20. The van der Waals surface area contributed by atoms with E-state index in [9.17, 15) is 9.59 Å². The molecule has 0 saturated heterocycles. The third-order valence-corrected chi connectivity index (χ3v) is 5.47. The Hall–Kier alpha value is -1.99. The molecule has 26 heavy (non-hydrogen) atoms. The van der Waals surface area contributed by atoms with Crippen LogP contribution in [0.15, 0.2) is 28.2 Å². The number of hydrogen-bond acceptors (Lipinski definition) is 5. The first-order valence-corrected chi connectivity index (χ1v) is 9.67. The molecule has 1 aliphatic carbocycles. The first-order valence-electron chi connectivity index (χ1n) is 8.41. The van der Waals surface area contributed by atoms with E-state index >= 15 is 0 Å². The highest BCUT2D eigenvalue weighted by Crippen LogP contribution is 2.29. The Labute approximate surface area is 160 Å². The Balaban J connectivity index is 1.73. The summed E-state index contributed by atoms with van der Waals surface area (Å²) in [6.45, 7) is 1.76. The van der Waals surface area contributed by atoms with Gasteiger partial charge in [0.15, 0.2) is 5.16 Å². The van der Waals surface area contributed by atoms with E-state index in [1.165, 1.54) is 18.9 Å². The second-order valence-corrected chi connectivity index (χ2v) is 7.86. The number of nitrogens with zero attached hydrogens (tertiary/aromatic N) is 1. The lowest BCUT2D eigenvalue weighted by Gasteiger charge is -2.16. The van der Waals surface area contributed by atoms with Crippen LogP contribution in [0.1, 0.15) is 31.0 Å². The molecule has 2 aromatic rings. The van der Waals surface area contributed by atoms with Crippen LogP contribution < -0.4 is 15.6 Å². The molecule has 1 amide bonds. The molecule has 0 unspecified atom stereocenters. The summed E-state index contributed by atoms with van der Waals surface area (Å²) in [6.07, 6.45) is 3.64. The third kappa shape index (κ3) is 4.22. The maximum Gasteiger partial charge on any atom is 0.254 e. The summed E-state index contributed by atoms with van der Waals surface area (Å²) in [4.78, 5) is 32.0. The monoisotopic (exact) mass is 393 g/mol. The van der Waals surface area contributed by atoms with E-state index < -0.39 is 5.25 Å². The number of nitrogens with one attached hydrogen (secondary N) is 2. The van der Waals surface area contributed by atoms with Gasteiger partial charge in [-0.15, -0.1) is 0 Å². The van der Waals surface area contributed by atoms with Crippen molar-refractivity contribution in [2.24, 2.45) is 0 Å². The molecule has 1 aliphatic rings. The largest absolute Gasteiger partial charge is 0.495 e. The summed E-state index contributed by atoms with van der Waals surface area (Å²) >= 11 is 7.21. The Morgan fingerprint density at radius 3 is 2.92 bits per heavy atom. The number of ether oxygens (including phenoxy) is 1. The highest BCUT2D eigenvalue weighted by atomic mass is 35.5. The normalized spacial score (nSPS) is 14.4. The van der Waals surface area contributed by atoms with Gasteiger partial charge in [-0.3, -0.25) is 9.59 Å². The molecule has 1 aromatic heterocycles. The number of anilines is 1. The average molecular weight is 394 g/mol. The van der Waals surface area contributed by atoms with Crippen molar-refractivity contribution in [1.82, 2.24) is 9.97 Å². The Morgan fingerprint density at radius 2 is 2.15 bits per heavy atom. The zero-order chi connectivity index (χ0) is 18.7. The van der Waals surface area contributed by atoms with E-state index in [0.717, 1.165) is 36.9 Å². The predicted molar refractivity (Wildman–Crippen MR) is 103 cm³/mol. The Bertz CT molecular complexity index is 884. The molecule has 0 bridgehead atoms. The van der Waals surface area contributed by atoms with Crippen molar-refractivity contribution < 1.29 is 9.53 Å². The Morgan fingerprint density at radius 1 is 1.38 bits per heavy atom. The number of aromatic amines is 1. The number of halogens is 1. The summed E-state index contributed by atoms with van der Waals surface area (Å²) in [5, 5.41) is 3.33. The highest BCUT2D eigenvalue weighted by molar-refractivity contribution is 8.00. The average Bonchev–Trinajstić information content (AvgIpc) is 2.62. The fourth-order valence-electron chi connectivity index (χ4n) is 2.87. The van der Waals surface area contributed by atoms with E-state index in [-0.39, 0.29) is 11.5 Å². The van der Waals surface area contributed by atoms with Crippen LogP contribution in [-0.4, -0.2) is 28.2 Å². The van der Waals surface area contributed by atoms with Crippen LogP contribution in [0.3, 0.4) is 0 Å². The fraction of sp³-hybridized carbons (Fsp3) is 0.389. The second kappa shape index (κ2) is 8.14. The lowest BCUT2D eigenvalue weighted by molar-refractivity contribution is -0.115. The first kappa shape index (κ1) is 18.8. The van der Waals surface area contributed by atoms with Gasteiger partial charge < -0.3 is 15.0 Å². The van der Waals surface area contributed by atoms with E-state index in [1.54, 1.807) is 25.1 Å². The lowest BCUT2D eigenvalue weighted by atomic mass is 9.97. The van der Waals surface area contributed by atoms with Crippen LogP contribution in [0.2, 0.25) is 5.02 Å². The number of H-pyrrole nitrogens is 1. The molecule has 6 nitrogen and oxygen atoms in total. The molecule has 138 valence electrons. The van der Waals surface area contributed by atoms with Crippen molar-refractivity contribution in [3.63, 3.8) is 0 Å². The van der Waals surface area contributed by atoms with E-state index in [2.05, 4.69) is 15.3 Å². The van der Waals surface area contributed by atoms with Gasteiger partial charge in [0.05, 0.1) is 23.7 Å². The standard InChI is InChI=1S/C18H20ClN3O3S/c1-10(16(23)20-14-9-11(19)7-8-15(14)25-2)26-18-21-13-6-4-3-5-12(13)17(24)22-18/h7-10H,3-6H2,1-2H3,(H,20,23)(H,21,22,24)/t10-/m1/s1. The molecular formula is C18H20ClN3O3S. The van der Waals surface area contributed by atoms with Gasteiger partial charge in [0.25, 0.3) is 5.56 Å². The SMILES string of the molecule is COc1ccc(Cl)cc1NC(=O)[C@@H](C)Sc1nc2c(c(=O)[nH]1)CCCC2. The molecule has 0 spiro atoms. The van der Waals surface area contributed by atoms with Gasteiger partial charge in [0.1, 0.15) is 5.75 Å². The molecule has 2 N–H and O–H groups in total. The van der Waals surface area contributed by atoms with Crippen LogP contribution in [0.25, 0.3) is 0 Å². The Kier molecular flexibility index (Phi) is 5.88. The van der Waals surface area contributed by atoms with E-state index in [4.69, 9.17) is 16.3 Å². The maximum atomic E-state index is 12.5. The number of benzene rings is 1. The molecule has 8 heteroatoms. The van der Waals surface area contributed by atoms with Crippen molar-refractivity contribution in [3.05, 3.63) is 44.8 Å². The molecule has 1 heterocycles. The summed E-state index contributed by atoms with van der Waals surface area (Å²) in [7, 11) is 1.53. The van der Waals surface area contributed by atoms with Crippen molar-refractivity contribution in [1.29, 1.82) is 0 Å². The number of thioether (sulfide) groups is 1. The number of rotatable bonds is 5. The van der Waals surface area contributed by atoms with Crippen LogP contribution in [-0.2, 0) is 17.6 Å². The zero-order valence-electron chi connectivity index (χ0n) is 14.6. The van der Waals surface area contributed by atoms with Gasteiger partial charge in [-0.05, 0) is 50.8 Å². The second-order valence-electron chi connectivity index (χ2n) is 6.10. The molecule has 0 fully saturated rings. The molecule has 0 radical (unpaired) electrons. The van der Waals surface area contributed by atoms with Gasteiger partial charge >= 0.3 is 0 Å². The van der Waals surface area contributed by atoms with Gasteiger partial charge in [-0.1, -0.05) is 23.4 Å². The van der Waals surface area contributed by atoms with Crippen molar-refractivity contribution in [2.45, 2.75) is 43.0 Å². The summed E-state index contributed by atoms with van der Waals surface area (Å²) in [6, 6.07) is 5.02. The first-order chi connectivity index (χ1) is 12.5. The molecule has 1 aromatic carbocycles. The van der Waals surface area contributed by atoms with Crippen LogP contribution in [0.4, 0.5) is 5.69 Å². The minimum absolute atomic E-state index is 0.0960. The van der Waals surface area contributed by atoms with Crippen LogP contribution >= 0.6 is 23.4 Å². The van der Waals surface area contributed by atoms with Gasteiger partial charge in [-0.25, -0.2) is 4.98 Å². The van der Waals surface area contributed by atoms with E-state index in [1.807, 2.05) is 0 Å².